The van der Waals surface area contributed by atoms with Crippen molar-refractivity contribution in [2.45, 2.75) is 12.8 Å². The maximum Gasteiger partial charge on any atom is 0.137 e. The summed E-state index contributed by atoms with van der Waals surface area (Å²) in [6.07, 6.45) is 2.01. The number of aromatic nitrogens is 2. The zero-order valence-electron chi connectivity index (χ0n) is 11.4. The molecular weight excluding hydrogens is 272 g/mol. The van der Waals surface area contributed by atoms with E-state index in [-0.39, 0.29) is 0 Å². The highest BCUT2D eigenvalue weighted by atomic mass is 35.5. The maximum atomic E-state index is 6.14. The number of hydrogen-bond acceptors (Lipinski definition) is 2. The van der Waals surface area contributed by atoms with E-state index in [1.165, 1.54) is 5.56 Å². The van der Waals surface area contributed by atoms with Gasteiger partial charge in [-0.2, -0.15) is 0 Å². The molecule has 3 nitrogen and oxygen atoms in total. The number of aryl methyl sites for hydroxylation is 1. The van der Waals surface area contributed by atoms with Crippen LogP contribution >= 0.6 is 11.6 Å². The zero-order valence-corrected chi connectivity index (χ0v) is 12.2. The lowest BCUT2D eigenvalue weighted by molar-refractivity contribution is 0.416. The van der Waals surface area contributed by atoms with Crippen molar-refractivity contribution in [3.8, 4) is 17.0 Å². The first-order valence-electron chi connectivity index (χ1n) is 6.41. The number of pyridine rings is 1. The maximum absolute atomic E-state index is 6.14. The van der Waals surface area contributed by atoms with Crippen molar-refractivity contribution in [2.24, 2.45) is 0 Å². The van der Waals surface area contributed by atoms with Crippen LogP contribution in [-0.4, -0.2) is 16.5 Å². The first kappa shape index (κ1) is 13.0. The number of benzene rings is 1. The predicted octanol–water partition coefficient (Wildman–Crippen LogP) is 4.06. The van der Waals surface area contributed by atoms with E-state index in [0.717, 1.165) is 28.3 Å². The number of alkyl halides is 1. The number of hydrogen-bond donors (Lipinski definition) is 0. The second kappa shape index (κ2) is 5.17. The minimum absolute atomic E-state index is 0.400. The van der Waals surface area contributed by atoms with Gasteiger partial charge in [0.15, 0.2) is 0 Å². The van der Waals surface area contributed by atoms with Crippen molar-refractivity contribution in [3.63, 3.8) is 0 Å². The molecule has 20 heavy (non-hydrogen) atoms. The minimum Gasteiger partial charge on any atom is -0.496 e. The zero-order chi connectivity index (χ0) is 14.1. The average molecular weight is 287 g/mol. The number of nitrogens with zero attached hydrogens (tertiary/aromatic N) is 2. The van der Waals surface area contributed by atoms with Crippen molar-refractivity contribution in [2.75, 3.05) is 7.11 Å². The Balaban J connectivity index is 2.30. The summed E-state index contributed by atoms with van der Waals surface area (Å²) in [5.74, 6) is 1.21. The van der Waals surface area contributed by atoms with Crippen LogP contribution < -0.4 is 4.74 Å². The Bertz CT molecular complexity index is 764. The molecule has 0 fully saturated rings. The smallest absolute Gasteiger partial charge is 0.137 e. The Kier molecular flexibility index (Phi) is 3.36. The normalized spacial score (nSPS) is 10.9. The summed E-state index contributed by atoms with van der Waals surface area (Å²) in [6.45, 7) is 2.05. The van der Waals surface area contributed by atoms with Crippen LogP contribution in [-0.2, 0) is 5.88 Å². The monoisotopic (exact) mass is 286 g/mol. The molecule has 2 heterocycles. The van der Waals surface area contributed by atoms with Gasteiger partial charge >= 0.3 is 0 Å². The number of rotatable bonds is 3. The Morgan fingerprint density at radius 1 is 1.25 bits per heavy atom. The van der Waals surface area contributed by atoms with E-state index in [4.69, 9.17) is 21.3 Å². The summed E-state index contributed by atoms with van der Waals surface area (Å²) in [7, 11) is 1.67. The SMILES string of the molecule is COc1ccccc1-c1nc2cc(C)ccn2c1CCl. The van der Waals surface area contributed by atoms with Crippen LogP contribution in [0.15, 0.2) is 42.6 Å². The van der Waals surface area contributed by atoms with Crippen LogP contribution in [0, 0.1) is 6.92 Å². The van der Waals surface area contributed by atoms with Crippen LogP contribution in [0.3, 0.4) is 0 Å². The second-order valence-electron chi connectivity index (χ2n) is 4.67. The molecule has 0 aliphatic carbocycles. The summed E-state index contributed by atoms with van der Waals surface area (Å²) in [5, 5.41) is 0. The molecular formula is C16H15ClN2O. The summed E-state index contributed by atoms with van der Waals surface area (Å²) in [4.78, 5) is 4.72. The fourth-order valence-corrected chi connectivity index (χ4v) is 2.64. The number of methoxy groups -OCH3 is 1. The van der Waals surface area contributed by atoms with Crippen molar-refractivity contribution in [1.29, 1.82) is 0 Å². The fraction of sp³-hybridized carbons (Fsp3) is 0.188. The van der Waals surface area contributed by atoms with Crippen LogP contribution in [0.2, 0.25) is 0 Å². The average Bonchev–Trinajstić information content (AvgIpc) is 2.84. The third-order valence-corrected chi connectivity index (χ3v) is 3.62. The summed E-state index contributed by atoms with van der Waals surface area (Å²) in [6, 6.07) is 12.0. The first-order valence-corrected chi connectivity index (χ1v) is 6.95. The molecule has 0 spiro atoms. The van der Waals surface area contributed by atoms with E-state index in [0.29, 0.717) is 5.88 Å². The number of para-hydroxylation sites is 1. The van der Waals surface area contributed by atoms with Gasteiger partial charge in [0.05, 0.1) is 24.4 Å². The molecule has 0 bridgehead atoms. The van der Waals surface area contributed by atoms with Crippen LogP contribution in [0.25, 0.3) is 16.9 Å². The lowest BCUT2D eigenvalue weighted by atomic mass is 10.1. The third kappa shape index (κ3) is 2.04. The number of imidazole rings is 1. The second-order valence-corrected chi connectivity index (χ2v) is 4.94. The molecule has 0 amide bonds. The van der Waals surface area contributed by atoms with Gasteiger partial charge in [-0.25, -0.2) is 4.98 Å². The van der Waals surface area contributed by atoms with E-state index in [1.807, 2.05) is 34.9 Å². The fourth-order valence-electron chi connectivity index (χ4n) is 2.38. The van der Waals surface area contributed by atoms with Gasteiger partial charge in [-0.3, -0.25) is 0 Å². The first-order chi connectivity index (χ1) is 9.74. The van der Waals surface area contributed by atoms with E-state index in [9.17, 15) is 0 Å². The van der Waals surface area contributed by atoms with E-state index >= 15 is 0 Å². The van der Waals surface area contributed by atoms with Gasteiger partial charge in [0.2, 0.25) is 0 Å². The molecule has 0 saturated heterocycles. The molecule has 0 radical (unpaired) electrons. The quantitative estimate of drug-likeness (QED) is 0.679. The topological polar surface area (TPSA) is 26.5 Å². The van der Waals surface area contributed by atoms with Gasteiger partial charge in [-0.1, -0.05) is 12.1 Å². The molecule has 102 valence electrons. The van der Waals surface area contributed by atoms with E-state index < -0.39 is 0 Å². The molecule has 0 saturated carbocycles. The lowest BCUT2D eigenvalue weighted by Gasteiger charge is -2.07. The Labute approximate surface area is 122 Å². The van der Waals surface area contributed by atoms with Gasteiger partial charge < -0.3 is 9.14 Å². The summed E-state index contributed by atoms with van der Waals surface area (Å²) < 4.78 is 7.46. The third-order valence-electron chi connectivity index (χ3n) is 3.37. The number of fused-ring (bicyclic) bond motifs is 1. The van der Waals surface area contributed by atoms with Gasteiger partial charge in [0, 0.05) is 11.8 Å². The van der Waals surface area contributed by atoms with Crippen molar-refractivity contribution >= 4 is 17.2 Å². The summed E-state index contributed by atoms with van der Waals surface area (Å²) in [5.41, 5.74) is 4.90. The van der Waals surface area contributed by atoms with Crippen LogP contribution in [0.4, 0.5) is 0 Å². The van der Waals surface area contributed by atoms with Gasteiger partial charge in [0.1, 0.15) is 11.4 Å². The van der Waals surface area contributed by atoms with Gasteiger partial charge in [-0.05, 0) is 36.8 Å². The number of halogens is 1. The minimum atomic E-state index is 0.400. The highest BCUT2D eigenvalue weighted by molar-refractivity contribution is 6.17. The molecule has 0 N–H and O–H groups in total. The van der Waals surface area contributed by atoms with Crippen molar-refractivity contribution in [3.05, 3.63) is 53.9 Å². The van der Waals surface area contributed by atoms with Gasteiger partial charge in [-0.15, -0.1) is 11.6 Å². The molecule has 0 aliphatic rings. The molecule has 2 aromatic heterocycles. The molecule has 3 aromatic rings. The van der Waals surface area contributed by atoms with Crippen molar-refractivity contribution in [1.82, 2.24) is 9.38 Å². The lowest BCUT2D eigenvalue weighted by Crippen LogP contribution is -1.93. The molecule has 0 unspecified atom stereocenters. The highest BCUT2D eigenvalue weighted by Gasteiger charge is 2.16. The van der Waals surface area contributed by atoms with E-state index in [2.05, 4.69) is 19.1 Å². The number of ether oxygens (including phenoxy) is 1. The van der Waals surface area contributed by atoms with Gasteiger partial charge in [0.25, 0.3) is 0 Å². The Hall–Kier alpha value is -2.00. The van der Waals surface area contributed by atoms with Crippen molar-refractivity contribution < 1.29 is 4.74 Å². The molecule has 0 aliphatic heterocycles. The molecule has 1 aromatic carbocycles. The van der Waals surface area contributed by atoms with Crippen LogP contribution in [0.1, 0.15) is 11.3 Å². The summed E-state index contributed by atoms with van der Waals surface area (Å²) >= 11 is 6.14. The Morgan fingerprint density at radius 3 is 2.80 bits per heavy atom. The predicted molar refractivity (Wildman–Crippen MR) is 81.5 cm³/mol. The van der Waals surface area contributed by atoms with E-state index in [1.54, 1.807) is 7.11 Å². The van der Waals surface area contributed by atoms with Crippen LogP contribution in [0.5, 0.6) is 5.75 Å². The molecule has 0 atom stereocenters. The molecule has 4 heteroatoms. The highest BCUT2D eigenvalue weighted by Crippen LogP contribution is 2.32. The molecule has 3 rings (SSSR count). The Morgan fingerprint density at radius 2 is 2.05 bits per heavy atom. The standard InChI is InChI=1S/C16H15ClN2O/c1-11-7-8-19-13(10-17)16(18-15(19)9-11)12-5-3-4-6-14(12)20-2/h3-9H,10H2,1-2H3. The largest absolute Gasteiger partial charge is 0.496 e.